The molecule has 0 N–H and O–H groups in total. The lowest BCUT2D eigenvalue weighted by Gasteiger charge is -2.20. The van der Waals surface area contributed by atoms with E-state index in [-0.39, 0.29) is 0 Å². The van der Waals surface area contributed by atoms with Crippen LogP contribution in [-0.4, -0.2) is 19.1 Å². The van der Waals surface area contributed by atoms with E-state index in [0.717, 1.165) is 51.7 Å². The molecule has 0 atom stereocenters. The number of allylic oxidation sites excluding steroid dienone is 1. The maximum atomic E-state index is 5.53. The first kappa shape index (κ1) is 33.2. The van der Waals surface area contributed by atoms with Crippen LogP contribution in [0, 0.1) is 0 Å². The largest absolute Gasteiger partial charge is 0.309 e. The summed E-state index contributed by atoms with van der Waals surface area (Å²) in [5.41, 5.74) is 13.9. The van der Waals surface area contributed by atoms with E-state index in [1.165, 1.54) is 76.4 Å². The standard InChI is InChI=1S/C56H36N4/c1-2-15-39(16-3-1)59-51-24-12-9-19-43(51)45-31-28-37(33-53(45)59)48-34-49-44-20-10-13-25-52(44)60(55(49)46-21-7-6-18-42(46)48)56-57-50-23-11-8-22-47(50)54(58-56)38-29-30-41-36(32-38)27-26-35-14-4-5-17-40(35)41/h1-5,7-17,19-34H,6,18H2. The van der Waals surface area contributed by atoms with Crippen molar-refractivity contribution in [3.05, 3.63) is 199 Å². The molecule has 13 rings (SSSR count). The maximum absolute atomic E-state index is 5.53. The van der Waals surface area contributed by atoms with Gasteiger partial charge in [0.2, 0.25) is 5.95 Å². The second-order valence-corrected chi connectivity index (χ2v) is 16.0. The molecule has 0 saturated carbocycles. The highest BCUT2D eigenvalue weighted by atomic mass is 15.2. The van der Waals surface area contributed by atoms with Crippen molar-refractivity contribution in [2.24, 2.45) is 0 Å². The van der Waals surface area contributed by atoms with E-state index in [9.17, 15) is 0 Å². The highest BCUT2D eigenvalue weighted by Gasteiger charge is 2.25. The van der Waals surface area contributed by atoms with Gasteiger partial charge in [-0.05, 0) is 99.6 Å². The molecule has 280 valence electrons. The Labute approximate surface area is 345 Å². The average Bonchev–Trinajstić information content (AvgIpc) is 3.83. The summed E-state index contributed by atoms with van der Waals surface area (Å²) in [6, 6.07) is 66.0. The fourth-order valence-electron chi connectivity index (χ4n) is 10.1. The number of aromatic nitrogens is 4. The molecule has 0 unspecified atom stereocenters. The minimum atomic E-state index is 0.677. The zero-order valence-electron chi connectivity index (χ0n) is 32.7. The first-order valence-corrected chi connectivity index (χ1v) is 20.8. The number of para-hydroxylation sites is 4. The predicted octanol–water partition coefficient (Wildman–Crippen LogP) is 14.4. The summed E-state index contributed by atoms with van der Waals surface area (Å²) in [7, 11) is 0. The smallest absolute Gasteiger partial charge is 0.235 e. The summed E-state index contributed by atoms with van der Waals surface area (Å²) in [6.07, 6.45) is 6.62. The zero-order valence-corrected chi connectivity index (χ0v) is 32.7. The molecule has 12 aromatic rings. The van der Waals surface area contributed by atoms with Crippen molar-refractivity contribution >= 4 is 82.1 Å². The molecular weight excluding hydrogens is 729 g/mol. The van der Waals surface area contributed by atoms with Gasteiger partial charge in [-0.15, -0.1) is 0 Å². The molecule has 0 fully saturated rings. The fourth-order valence-corrected chi connectivity index (χ4v) is 10.1. The van der Waals surface area contributed by atoms with Gasteiger partial charge < -0.3 is 4.57 Å². The van der Waals surface area contributed by atoms with Crippen molar-refractivity contribution in [2.45, 2.75) is 12.8 Å². The minimum Gasteiger partial charge on any atom is -0.309 e. The van der Waals surface area contributed by atoms with Gasteiger partial charge in [0.15, 0.2) is 0 Å². The first-order chi connectivity index (χ1) is 29.8. The van der Waals surface area contributed by atoms with Crippen molar-refractivity contribution < 1.29 is 0 Å². The van der Waals surface area contributed by atoms with Gasteiger partial charge in [-0.1, -0.05) is 146 Å². The Morgan fingerprint density at radius 2 is 1.08 bits per heavy atom. The molecule has 0 radical (unpaired) electrons. The first-order valence-electron chi connectivity index (χ1n) is 20.8. The van der Waals surface area contributed by atoms with E-state index in [1.807, 2.05) is 0 Å². The van der Waals surface area contributed by atoms with Crippen LogP contribution >= 0.6 is 0 Å². The highest BCUT2D eigenvalue weighted by molar-refractivity contribution is 6.15. The Morgan fingerprint density at radius 1 is 0.433 bits per heavy atom. The van der Waals surface area contributed by atoms with Crippen LogP contribution in [0.4, 0.5) is 0 Å². The van der Waals surface area contributed by atoms with E-state index in [2.05, 4.69) is 203 Å². The van der Waals surface area contributed by atoms with Gasteiger partial charge in [-0.2, -0.15) is 0 Å². The van der Waals surface area contributed by atoms with Gasteiger partial charge in [0.25, 0.3) is 0 Å². The topological polar surface area (TPSA) is 35.6 Å². The third-order valence-corrected chi connectivity index (χ3v) is 12.8. The number of benzene rings is 9. The molecule has 1 aliphatic rings. The van der Waals surface area contributed by atoms with Gasteiger partial charge in [-0.25, -0.2) is 9.97 Å². The summed E-state index contributed by atoms with van der Waals surface area (Å²) in [6.45, 7) is 0. The Morgan fingerprint density at radius 3 is 1.95 bits per heavy atom. The molecule has 60 heavy (non-hydrogen) atoms. The van der Waals surface area contributed by atoms with Crippen LogP contribution < -0.4 is 0 Å². The Kier molecular flexibility index (Phi) is 7.10. The van der Waals surface area contributed by atoms with Crippen LogP contribution in [0.25, 0.3) is 116 Å². The van der Waals surface area contributed by atoms with E-state index in [0.29, 0.717) is 5.95 Å². The Hall–Kier alpha value is -7.82. The van der Waals surface area contributed by atoms with Crippen LogP contribution in [0.15, 0.2) is 188 Å². The molecule has 0 amide bonds. The van der Waals surface area contributed by atoms with E-state index < -0.39 is 0 Å². The zero-order chi connectivity index (χ0) is 39.3. The van der Waals surface area contributed by atoms with E-state index >= 15 is 0 Å². The van der Waals surface area contributed by atoms with Crippen molar-refractivity contribution in [1.29, 1.82) is 0 Å². The quantitative estimate of drug-likeness (QED) is 0.167. The third-order valence-electron chi connectivity index (χ3n) is 12.8. The number of rotatable bonds is 4. The second-order valence-electron chi connectivity index (χ2n) is 16.0. The number of hydrogen-bond acceptors (Lipinski definition) is 2. The molecule has 4 heteroatoms. The lowest BCUT2D eigenvalue weighted by Crippen LogP contribution is -2.06. The summed E-state index contributed by atoms with van der Waals surface area (Å²) in [5.74, 6) is 0.677. The van der Waals surface area contributed by atoms with Crippen LogP contribution in [0.2, 0.25) is 0 Å². The van der Waals surface area contributed by atoms with Gasteiger partial charge in [0, 0.05) is 43.7 Å². The molecule has 0 saturated heterocycles. The number of hydrogen-bond donors (Lipinski definition) is 0. The predicted molar refractivity (Wildman–Crippen MR) is 251 cm³/mol. The molecular formula is C56H36N4. The lowest BCUT2D eigenvalue weighted by molar-refractivity contribution is 0.978. The summed E-state index contributed by atoms with van der Waals surface area (Å²) < 4.78 is 4.74. The number of nitrogens with zero attached hydrogens (tertiary/aromatic N) is 4. The highest BCUT2D eigenvalue weighted by Crippen LogP contribution is 2.44. The van der Waals surface area contributed by atoms with Crippen LogP contribution in [-0.2, 0) is 6.42 Å². The van der Waals surface area contributed by atoms with Crippen molar-refractivity contribution in [3.8, 4) is 34.0 Å². The maximum Gasteiger partial charge on any atom is 0.235 e. The van der Waals surface area contributed by atoms with Crippen molar-refractivity contribution in [1.82, 2.24) is 19.1 Å². The normalized spacial score (nSPS) is 12.8. The molecule has 0 spiro atoms. The molecule has 3 aromatic heterocycles. The molecule has 0 aliphatic heterocycles. The fraction of sp³-hybridized carbons (Fsp3) is 0.0357. The Balaban J connectivity index is 1.06. The molecule has 0 bridgehead atoms. The SMILES string of the molecule is C1=Cc2c(c(-c3ccc4c5ccccc5n(-c5ccccc5)c4c3)cc3c4ccccc4n(-c4nc(-c5ccc6c(ccc7ccccc76)c5)c5ccccc5n4)c23)CC1. The second kappa shape index (κ2) is 12.8. The van der Waals surface area contributed by atoms with E-state index in [4.69, 9.17) is 9.97 Å². The van der Waals surface area contributed by atoms with Gasteiger partial charge in [-0.3, -0.25) is 4.57 Å². The summed E-state index contributed by atoms with van der Waals surface area (Å²) >= 11 is 0. The van der Waals surface area contributed by atoms with Crippen LogP contribution in [0.1, 0.15) is 17.5 Å². The summed E-state index contributed by atoms with van der Waals surface area (Å²) in [5, 5.41) is 10.9. The van der Waals surface area contributed by atoms with Gasteiger partial charge in [0.1, 0.15) is 0 Å². The summed E-state index contributed by atoms with van der Waals surface area (Å²) in [4.78, 5) is 10.9. The van der Waals surface area contributed by atoms with Crippen LogP contribution in [0.5, 0.6) is 0 Å². The molecule has 1 aliphatic carbocycles. The Bertz CT molecular complexity index is 3770. The lowest BCUT2D eigenvalue weighted by atomic mass is 9.87. The third kappa shape index (κ3) is 4.85. The van der Waals surface area contributed by atoms with Crippen LogP contribution in [0.3, 0.4) is 0 Å². The molecule has 3 heterocycles. The minimum absolute atomic E-state index is 0.677. The molecule has 9 aromatic carbocycles. The number of fused-ring (bicyclic) bond motifs is 12. The molecule has 4 nitrogen and oxygen atoms in total. The van der Waals surface area contributed by atoms with E-state index in [1.54, 1.807) is 0 Å². The van der Waals surface area contributed by atoms with Crippen molar-refractivity contribution in [2.75, 3.05) is 0 Å². The van der Waals surface area contributed by atoms with Gasteiger partial charge in [0.05, 0.1) is 33.3 Å². The van der Waals surface area contributed by atoms with Gasteiger partial charge >= 0.3 is 0 Å². The van der Waals surface area contributed by atoms with Crippen molar-refractivity contribution in [3.63, 3.8) is 0 Å². The average molecular weight is 765 g/mol. The monoisotopic (exact) mass is 764 g/mol.